The van der Waals surface area contributed by atoms with E-state index < -0.39 is 0 Å². The number of hydrogen-bond acceptors (Lipinski definition) is 1. The van der Waals surface area contributed by atoms with E-state index in [1.807, 2.05) is 0 Å². The first-order chi connectivity index (χ1) is 3.80. The second-order valence-electron chi connectivity index (χ2n) is 1.23. The van der Waals surface area contributed by atoms with E-state index >= 15 is 0 Å². The van der Waals surface area contributed by atoms with Gasteiger partial charge in [-0.3, -0.25) is 4.98 Å². The lowest BCUT2D eigenvalue weighted by atomic mass is 10.5. The molecule has 0 saturated carbocycles. The molecule has 0 N–H and O–H groups in total. The van der Waals surface area contributed by atoms with Crippen molar-refractivity contribution in [1.29, 1.82) is 0 Å². The lowest BCUT2D eigenvalue weighted by Gasteiger charge is -1.87. The van der Waals surface area contributed by atoms with Gasteiger partial charge in [0.1, 0.15) is 0 Å². The molecule has 0 spiro atoms. The van der Waals surface area contributed by atoms with Gasteiger partial charge in [-0.05, 0) is 22.0 Å². The van der Waals surface area contributed by atoms with Crippen molar-refractivity contribution in [3.63, 3.8) is 0 Å². The highest BCUT2D eigenvalue weighted by Crippen LogP contribution is 2.18. The van der Waals surface area contributed by atoms with Gasteiger partial charge in [-0.2, -0.15) is 0 Å². The van der Waals surface area contributed by atoms with Crippen LogP contribution >= 0.6 is 27.5 Å². The van der Waals surface area contributed by atoms with Crippen molar-refractivity contribution in [3.8, 4) is 0 Å². The van der Waals surface area contributed by atoms with Crippen molar-refractivity contribution >= 4 is 27.5 Å². The Bertz CT molecular complexity index is 169. The highest BCUT2D eigenvalue weighted by molar-refractivity contribution is 9.10. The molecule has 0 bridgehead atoms. The summed E-state index contributed by atoms with van der Waals surface area (Å²) in [5.74, 6) is 0. The summed E-state index contributed by atoms with van der Waals surface area (Å²) in [6.07, 6.45) is 4.19. The summed E-state index contributed by atoms with van der Waals surface area (Å²) in [5.41, 5.74) is 0. The molecule has 41 valence electrons. The van der Waals surface area contributed by atoms with Crippen LogP contribution in [0.5, 0.6) is 0 Å². The second kappa shape index (κ2) is 2.46. The molecule has 8 heavy (non-hydrogen) atoms. The normalized spacial score (nSPS) is 9.25. The van der Waals surface area contributed by atoms with E-state index in [0.717, 1.165) is 4.47 Å². The van der Waals surface area contributed by atoms with Gasteiger partial charge in [0.15, 0.2) is 0 Å². The minimum atomic E-state index is 0.639. The fraction of sp³-hybridized carbons (Fsp3) is 0. The highest BCUT2D eigenvalue weighted by atomic mass is 79.9. The molecule has 0 atom stereocenters. The molecular weight excluding hydrogens is 189 g/mol. The monoisotopic (exact) mass is 190 g/mol. The van der Waals surface area contributed by atoms with Crippen LogP contribution in [0, 0.1) is 6.20 Å². The predicted octanol–water partition coefficient (Wildman–Crippen LogP) is 2.30. The van der Waals surface area contributed by atoms with E-state index in [2.05, 4.69) is 27.1 Å². The second-order valence-corrected chi connectivity index (χ2v) is 2.49. The molecule has 1 rings (SSSR count). The van der Waals surface area contributed by atoms with Gasteiger partial charge >= 0.3 is 0 Å². The molecule has 0 fully saturated rings. The van der Waals surface area contributed by atoms with E-state index in [4.69, 9.17) is 11.6 Å². The predicted molar refractivity (Wildman–Crippen MR) is 35.8 cm³/mol. The van der Waals surface area contributed by atoms with Crippen LogP contribution in [-0.2, 0) is 0 Å². The molecular formula is C5H2BrClN. The van der Waals surface area contributed by atoms with Crippen LogP contribution < -0.4 is 0 Å². The van der Waals surface area contributed by atoms with Gasteiger partial charge in [0.05, 0.1) is 15.7 Å². The summed E-state index contributed by atoms with van der Waals surface area (Å²) in [5, 5.41) is 0.639. The van der Waals surface area contributed by atoms with Crippen molar-refractivity contribution in [3.05, 3.63) is 28.0 Å². The van der Waals surface area contributed by atoms with Crippen molar-refractivity contribution < 1.29 is 0 Å². The maximum Gasteiger partial charge on any atom is 0.0902 e. The van der Waals surface area contributed by atoms with Crippen molar-refractivity contribution in [2.45, 2.75) is 0 Å². The highest BCUT2D eigenvalue weighted by Gasteiger charge is 1.90. The molecule has 1 aromatic rings. The van der Waals surface area contributed by atoms with Crippen LogP contribution in [0.3, 0.4) is 0 Å². The number of pyridine rings is 1. The molecule has 1 radical (unpaired) electrons. The Morgan fingerprint density at radius 2 is 2.50 bits per heavy atom. The molecule has 0 aliphatic rings. The van der Waals surface area contributed by atoms with E-state index in [1.165, 1.54) is 0 Å². The number of nitrogens with zero attached hydrogens (tertiary/aromatic N) is 1. The first kappa shape index (κ1) is 6.05. The first-order valence-electron chi connectivity index (χ1n) is 1.98. The summed E-state index contributed by atoms with van der Waals surface area (Å²) >= 11 is 8.77. The Balaban J connectivity index is 3.13. The van der Waals surface area contributed by atoms with Crippen LogP contribution in [0.4, 0.5) is 0 Å². The Morgan fingerprint density at radius 3 is 2.88 bits per heavy atom. The Hall–Kier alpha value is -0.0800. The molecule has 0 aliphatic carbocycles. The average Bonchev–Trinajstić information content (AvgIpc) is 1.77. The molecule has 1 aromatic heterocycles. The molecule has 1 nitrogen and oxygen atoms in total. The number of rotatable bonds is 0. The van der Waals surface area contributed by atoms with Crippen LogP contribution in [-0.4, -0.2) is 4.98 Å². The van der Waals surface area contributed by atoms with Crippen LogP contribution in [0.25, 0.3) is 0 Å². The number of hydrogen-bond donors (Lipinski definition) is 0. The standard InChI is InChI=1S/C5H2BrClN/c6-4-3-8-2-1-5(4)7/h1,3H. The van der Waals surface area contributed by atoms with E-state index in [0.29, 0.717) is 5.02 Å². The third-order valence-corrected chi connectivity index (χ3v) is 1.84. The average molecular weight is 191 g/mol. The van der Waals surface area contributed by atoms with Crippen LogP contribution in [0.2, 0.25) is 5.02 Å². The maximum atomic E-state index is 5.59. The maximum absolute atomic E-state index is 5.59. The zero-order valence-electron chi connectivity index (χ0n) is 3.86. The summed E-state index contributed by atoms with van der Waals surface area (Å²) in [4.78, 5) is 3.69. The van der Waals surface area contributed by atoms with Gasteiger partial charge in [0.25, 0.3) is 0 Å². The Labute approximate surface area is 60.8 Å². The topological polar surface area (TPSA) is 12.9 Å². The smallest absolute Gasteiger partial charge is 0.0902 e. The third kappa shape index (κ3) is 1.20. The van der Waals surface area contributed by atoms with Gasteiger partial charge < -0.3 is 0 Å². The molecule has 3 heteroatoms. The van der Waals surface area contributed by atoms with Crippen LogP contribution in [0.1, 0.15) is 0 Å². The quantitative estimate of drug-likeness (QED) is 0.613. The lowest BCUT2D eigenvalue weighted by molar-refractivity contribution is 1.29. The van der Waals surface area contributed by atoms with Crippen LogP contribution in [0.15, 0.2) is 16.7 Å². The minimum Gasteiger partial charge on any atom is -0.253 e. The minimum absolute atomic E-state index is 0.639. The number of halogens is 2. The molecule has 0 aliphatic heterocycles. The first-order valence-corrected chi connectivity index (χ1v) is 3.15. The zero-order valence-corrected chi connectivity index (χ0v) is 6.20. The van der Waals surface area contributed by atoms with Crippen molar-refractivity contribution in [2.75, 3.05) is 0 Å². The summed E-state index contributed by atoms with van der Waals surface area (Å²) < 4.78 is 0.804. The number of aromatic nitrogens is 1. The SMILES string of the molecule is Clc1c[c]ncc1Br. The van der Waals surface area contributed by atoms with Gasteiger partial charge in [-0.1, -0.05) is 11.6 Å². The lowest BCUT2D eigenvalue weighted by Crippen LogP contribution is -1.70. The van der Waals surface area contributed by atoms with Crippen molar-refractivity contribution in [1.82, 2.24) is 4.98 Å². The molecule has 0 amide bonds. The fourth-order valence-corrected chi connectivity index (χ4v) is 0.633. The van der Waals surface area contributed by atoms with Gasteiger partial charge in [-0.15, -0.1) is 0 Å². The van der Waals surface area contributed by atoms with Crippen molar-refractivity contribution in [2.24, 2.45) is 0 Å². The summed E-state index contributed by atoms with van der Waals surface area (Å²) in [6, 6.07) is 1.60. The van der Waals surface area contributed by atoms with Gasteiger partial charge in [-0.25, -0.2) is 0 Å². The molecule has 0 saturated heterocycles. The summed E-state index contributed by atoms with van der Waals surface area (Å²) in [6.45, 7) is 0. The Morgan fingerprint density at radius 1 is 1.75 bits per heavy atom. The molecule has 0 aromatic carbocycles. The molecule has 1 heterocycles. The van der Waals surface area contributed by atoms with E-state index in [1.54, 1.807) is 12.3 Å². The zero-order chi connectivity index (χ0) is 5.98. The largest absolute Gasteiger partial charge is 0.253 e. The van der Waals surface area contributed by atoms with Gasteiger partial charge in [0.2, 0.25) is 0 Å². The molecule has 0 unspecified atom stereocenters. The fourth-order valence-electron chi connectivity index (χ4n) is 0.318. The van der Waals surface area contributed by atoms with E-state index in [-0.39, 0.29) is 0 Å². The van der Waals surface area contributed by atoms with E-state index in [9.17, 15) is 0 Å². The van der Waals surface area contributed by atoms with Gasteiger partial charge in [0, 0.05) is 6.20 Å². The third-order valence-electron chi connectivity index (χ3n) is 0.672. The summed E-state index contributed by atoms with van der Waals surface area (Å²) in [7, 11) is 0. The Kier molecular flexibility index (Phi) is 1.86.